The van der Waals surface area contributed by atoms with Gasteiger partial charge in [0.2, 0.25) is 5.95 Å². The maximum Gasteiger partial charge on any atom is 0.230 e. The van der Waals surface area contributed by atoms with Crippen molar-refractivity contribution in [1.29, 1.82) is 0 Å². The fraction of sp³-hybridized carbons (Fsp3) is 0.562. The molecule has 2 heterocycles. The molecule has 0 spiro atoms. The zero-order valence-electron chi connectivity index (χ0n) is 14.2. The first-order chi connectivity index (χ1) is 11.5. The first-order valence-corrected chi connectivity index (χ1v) is 10.1. The van der Waals surface area contributed by atoms with Crippen molar-refractivity contribution in [2.24, 2.45) is 0 Å². The van der Waals surface area contributed by atoms with Gasteiger partial charge in [-0.05, 0) is 63.4 Å². The first kappa shape index (κ1) is 17.4. The van der Waals surface area contributed by atoms with E-state index in [1.54, 1.807) is 11.8 Å². The summed E-state index contributed by atoms with van der Waals surface area (Å²) in [7, 11) is 0. The molecule has 24 heavy (non-hydrogen) atoms. The minimum atomic E-state index is -0.151. The van der Waals surface area contributed by atoms with Crippen LogP contribution in [0.2, 0.25) is 0 Å². The van der Waals surface area contributed by atoms with E-state index in [1.165, 1.54) is 11.5 Å². The minimum absolute atomic E-state index is 0.151. The monoisotopic (exact) mass is 365 g/mol. The van der Waals surface area contributed by atoms with Gasteiger partial charge < -0.3 is 15.7 Å². The minimum Gasteiger partial charge on any atom is -0.393 e. The summed E-state index contributed by atoms with van der Waals surface area (Å²) in [6.07, 6.45) is 5.52. The van der Waals surface area contributed by atoms with E-state index < -0.39 is 0 Å². The zero-order valence-corrected chi connectivity index (χ0v) is 15.8. The molecule has 1 aliphatic carbocycles. The Morgan fingerprint density at radius 2 is 1.96 bits per heavy atom. The molecule has 3 rings (SSSR count). The fourth-order valence-electron chi connectivity index (χ4n) is 2.91. The van der Waals surface area contributed by atoms with Gasteiger partial charge in [-0.25, -0.2) is 4.98 Å². The van der Waals surface area contributed by atoms with Gasteiger partial charge in [-0.1, -0.05) is 0 Å². The van der Waals surface area contributed by atoms with Crippen LogP contribution in [-0.2, 0) is 0 Å². The second-order valence-electron chi connectivity index (χ2n) is 6.12. The molecule has 6 nitrogen and oxygen atoms in total. The number of nitrogens with one attached hydrogen (secondary N) is 2. The molecule has 0 aromatic carbocycles. The molecule has 8 heteroatoms. The largest absolute Gasteiger partial charge is 0.393 e. The van der Waals surface area contributed by atoms with E-state index in [9.17, 15) is 5.11 Å². The SMILES string of the molecule is CSc1c(C)nc(Nc2cc(C)ns2)nc1NC1CCC(O)CC1. The summed E-state index contributed by atoms with van der Waals surface area (Å²) < 4.78 is 4.27. The Morgan fingerprint density at radius 3 is 2.58 bits per heavy atom. The average Bonchev–Trinajstić information content (AvgIpc) is 2.94. The van der Waals surface area contributed by atoms with Crippen molar-refractivity contribution in [3.8, 4) is 0 Å². The van der Waals surface area contributed by atoms with Gasteiger partial charge in [0.1, 0.15) is 10.8 Å². The molecule has 0 radical (unpaired) electrons. The molecule has 130 valence electrons. The Balaban J connectivity index is 1.80. The molecule has 0 bridgehead atoms. The number of anilines is 3. The van der Waals surface area contributed by atoms with Gasteiger partial charge in [0.05, 0.1) is 22.4 Å². The Hall–Kier alpha value is -1.38. The van der Waals surface area contributed by atoms with Gasteiger partial charge in [0.15, 0.2) is 0 Å². The number of rotatable bonds is 5. The second kappa shape index (κ2) is 7.67. The van der Waals surface area contributed by atoms with E-state index in [1.807, 2.05) is 26.2 Å². The van der Waals surface area contributed by atoms with Crippen molar-refractivity contribution in [3.63, 3.8) is 0 Å². The van der Waals surface area contributed by atoms with Crippen molar-refractivity contribution in [2.75, 3.05) is 16.9 Å². The fourth-order valence-corrected chi connectivity index (χ4v) is 4.20. The van der Waals surface area contributed by atoms with Crippen LogP contribution in [0.5, 0.6) is 0 Å². The van der Waals surface area contributed by atoms with Gasteiger partial charge in [-0.15, -0.1) is 11.8 Å². The van der Waals surface area contributed by atoms with Crippen LogP contribution in [0.4, 0.5) is 16.8 Å². The van der Waals surface area contributed by atoms with Crippen molar-refractivity contribution in [1.82, 2.24) is 14.3 Å². The Bertz CT molecular complexity index is 698. The number of hydrogen-bond donors (Lipinski definition) is 3. The molecule has 1 aliphatic rings. The first-order valence-electron chi connectivity index (χ1n) is 8.12. The van der Waals surface area contributed by atoms with Crippen LogP contribution in [0.25, 0.3) is 0 Å². The van der Waals surface area contributed by atoms with Crippen LogP contribution in [0.3, 0.4) is 0 Å². The third-order valence-corrected chi connectivity index (χ3v) is 5.83. The van der Waals surface area contributed by atoms with Crippen molar-refractivity contribution in [2.45, 2.75) is 56.6 Å². The van der Waals surface area contributed by atoms with Crippen molar-refractivity contribution >= 4 is 40.1 Å². The molecule has 2 aromatic heterocycles. The average molecular weight is 366 g/mol. The highest BCUT2D eigenvalue weighted by Crippen LogP contribution is 2.31. The molecule has 3 N–H and O–H groups in total. The molecule has 0 unspecified atom stereocenters. The normalized spacial score (nSPS) is 20.8. The van der Waals surface area contributed by atoms with Crippen molar-refractivity contribution in [3.05, 3.63) is 17.5 Å². The lowest BCUT2D eigenvalue weighted by atomic mass is 9.93. The van der Waals surface area contributed by atoms with Crippen LogP contribution < -0.4 is 10.6 Å². The van der Waals surface area contributed by atoms with Crippen LogP contribution in [-0.4, -0.2) is 37.8 Å². The molecule has 2 aromatic rings. The summed E-state index contributed by atoms with van der Waals surface area (Å²) in [5.74, 6) is 1.47. The summed E-state index contributed by atoms with van der Waals surface area (Å²) in [6.45, 7) is 3.97. The lowest BCUT2D eigenvalue weighted by Gasteiger charge is -2.27. The maximum atomic E-state index is 9.68. The molecular weight excluding hydrogens is 342 g/mol. The molecule has 0 atom stereocenters. The highest BCUT2D eigenvalue weighted by molar-refractivity contribution is 7.98. The van der Waals surface area contributed by atoms with E-state index in [0.717, 1.165) is 52.8 Å². The van der Waals surface area contributed by atoms with Crippen LogP contribution >= 0.6 is 23.3 Å². The smallest absolute Gasteiger partial charge is 0.230 e. The second-order valence-corrected chi connectivity index (χ2v) is 7.74. The number of aryl methyl sites for hydroxylation is 2. The molecule has 0 amide bonds. The Kier molecular flexibility index (Phi) is 5.57. The van der Waals surface area contributed by atoms with Gasteiger partial charge in [-0.3, -0.25) is 0 Å². The van der Waals surface area contributed by atoms with Gasteiger partial charge in [-0.2, -0.15) is 9.36 Å². The summed E-state index contributed by atoms with van der Waals surface area (Å²) >= 11 is 3.06. The van der Waals surface area contributed by atoms with Crippen molar-refractivity contribution < 1.29 is 5.11 Å². The summed E-state index contributed by atoms with van der Waals surface area (Å²) in [6, 6.07) is 2.34. The van der Waals surface area contributed by atoms with E-state index in [2.05, 4.69) is 25.0 Å². The molecule has 1 fully saturated rings. The van der Waals surface area contributed by atoms with Crippen LogP contribution in [0.15, 0.2) is 11.0 Å². The summed E-state index contributed by atoms with van der Waals surface area (Å²) in [4.78, 5) is 10.3. The molecule has 0 aliphatic heterocycles. The number of hydrogen-bond acceptors (Lipinski definition) is 8. The number of aliphatic hydroxyl groups is 1. The number of nitrogens with zero attached hydrogens (tertiary/aromatic N) is 3. The van der Waals surface area contributed by atoms with Gasteiger partial charge in [0, 0.05) is 6.04 Å². The topological polar surface area (TPSA) is 83.0 Å². The highest BCUT2D eigenvalue weighted by atomic mass is 32.2. The third-order valence-electron chi connectivity index (χ3n) is 4.14. The third kappa shape index (κ3) is 4.17. The van der Waals surface area contributed by atoms with E-state index in [-0.39, 0.29) is 6.10 Å². The number of aromatic nitrogens is 3. The molecular formula is C16H23N5OS2. The van der Waals surface area contributed by atoms with Gasteiger partial charge >= 0.3 is 0 Å². The Morgan fingerprint density at radius 1 is 1.21 bits per heavy atom. The predicted molar refractivity (Wildman–Crippen MR) is 101 cm³/mol. The summed E-state index contributed by atoms with van der Waals surface area (Å²) in [5, 5.41) is 17.4. The molecule has 0 saturated heterocycles. The zero-order chi connectivity index (χ0) is 17.1. The lowest BCUT2D eigenvalue weighted by Crippen LogP contribution is -2.29. The van der Waals surface area contributed by atoms with E-state index in [0.29, 0.717) is 12.0 Å². The standard InChI is InChI=1S/C16H23N5OS2/c1-9-8-13(24-21-9)19-16-17-10(2)14(23-3)15(20-16)18-11-4-6-12(22)7-5-11/h8,11-12,22H,4-7H2,1-3H3,(H2,17,18,19,20). The van der Waals surface area contributed by atoms with Crippen LogP contribution in [0, 0.1) is 13.8 Å². The lowest BCUT2D eigenvalue weighted by molar-refractivity contribution is 0.126. The highest BCUT2D eigenvalue weighted by Gasteiger charge is 2.21. The predicted octanol–water partition coefficient (Wildman–Crippen LogP) is 3.73. The summed E-state index contributed by atoms with van der Waals surface area (Å²) in [5.41, 5.74) is 1.94. The number of thioether (sulfide) groups is 1. The number of aliphatic hydroxyl groups excluding tert-OH is 1. The Labute approximate surface area is 150 Å². The van der Waals surface area contributed by atoms with Gasteiger partial charge in [0.25, 0.3) is 0 Å². The van der Waals surface area contributed by atoms with E-state index >= 15 is 0 Å². The van der Waals surface area contributed by atoms with Crippen LogP contribution in [0.1, 0.15) is 37.1 Å². The maximum absolute atomic E-state index is 9.68. The van der Waals surface area contributed by atoms with E-state index in [4.69, 9.17) is 0 Å². The quantitative estimate of drug-likeness (QED) is 0.696. The molecule has 1 saturated carbocycles.